The van der Waals surface area contributed by atoms with Gasteiger partial charge in [-0.15, -0.1) is 11.3 Å². The molecule has 1 N–H and O–H groups in total. The minimum atomic E-state index is 0.372. The lowest BCUT2D eigenvalue weighted by molar-refractivity contribution is 0.569. The lowest BCUT2D eigenvalue weighted by Gasteiger charge is -2.28. The molecule has 2 aromatic rings. The highest BCUT2D eigenvalue weighted by Gasteiger charge is 2.18. The van der Waals surface area contributed by atoms with E-state index < -0.39 is 0 Å². The fraction of sp³-hybridized carbons (Fsp3) is 0.471. The largest absolute Gasteiger partial charge is 0.352 e. The summed E-state index contributed by atoms with van der Waals surface area (Å²) in [5, 5.41) is 5.71. The molecule has 3 rings (SSSR count). The highest BCUT2D eigenvalue weighted by atomic mass is 32.1. The normalized spacial score (nSPS) is 15.8. The Morgan fingerprint density at radius 2 is 2.29 bits per heavy atom. The summed E-state index contributed by atoms with van der Waals surface area (Å²) in [5.74, 6) is 1.10. The molecule has 0 saturated heterocycles. The van der Waals surface area contributed by atoms with E-state index in [1.165, 1.54) is 11.1 Å². The summed E-state index contributed by atoms with van der Waals surface area (Å²) in [6.45, 7) is 7.51. The second-order valence-electron chi connectivity index (χ2n) is 5.67. The monoisotopic (exact) mass is 301 g/mol. The van der Waals surface area contributed by atoms with E-state index >= 15 is 0 Å². The molecule has 1 aliphatic heterocycles. The first-order valence-corrected chi connectivity index (χ1v) is 8.65. The quantitative estimate of drug-likeness (QED) is 0.911. The molecule has 1 atom stereocenters. The van der Waals surface area contributed by atoms with Crippen molar-refractivity contribution in [3.05, 3.63) is 45.8 Å². The molecule has 1 aliphatic rings. The van der Waals surface area contributed by atoms with Gasteiger partial charge >= 0.3 is 0 Å². The summed E-state index contributed by atoms with van der Waals surface area (Å²) in [6.07, 6.45) is 4.32. The number of pyridine rings is 1. The average molecular weight is 301 g/mol. The molecule has 0 fully saturated rings. The number of hydrogen-bond acceptors (Lipinski definition) is 4. The molecule has 0 radical (unpaired) electrons. The Kier molecular flexibility index (Phi) is 4.56. The molecular weight excluding hydrogens is 278 g/mol. The Balaban J connectivity index is 1.67. The molecule has 3 heterocycles. The standard InChI is InChI=1S/C17H23N3S/c1-3-8-18-13(2)14-4-5-17(19-11-14)20-9-6-16-15(12-20)7-10-21-16/h4-5,7,10-11,13,18H,3,6,8-9,12H2,1-2H3. The molecule has 0 aliphatic carbocycles. The van der Waals surface area contributed by atoms with Gasteiger partial charge in [-0.05, 0) is 54.9 Å². The van der Waals surface area contributed by atoms with Crippen LogP contribution in [0.1, 0.15) is 42.3 Å². The topological polar surface area (TPSA) is 28.2 Å². The smallest absolute Gasteiger partial charge is 0.128 e. The number of nitrogens with zero attached hydrogens (tertiary/aromatic N) is 2. The highest BCUT2D eigenvalue weighted by Crippen LogP contribution is 2.27. The van der Waals surface area contributed by atoms with Crippen LogP contribution in [0.5, 0.6) is 0 Å². The number of nitrogens with one attached hydrogen (secondary N) is 1. The Bertz CT molecular complexity index is 576. The van der Waals surface area contributed by atoms with Crippen LogP contribution in [0, 0.1) is 0 Å². The SMILES string of the molecule is CCCNC(C)c1ccc(N2CCc3sccc3C2)nc1. The minimum absolute atomic E-state index is 0.372. The van der Waals surface area contributed by atoms with Crippen molar-refractivity contribution < 1.29 is 0 Å². The van der Waals surface area contributed by atoms with Crippen molar-refractivity contribution >= 4 is 17.2 Å². The van der Waals surface area contributed by atoms with Crippen molar-refractivity contribution in [2.75, 3.05) is 18.0 Å². The van der Waals surface area contributed by atoms with E-state index in [1.807, 2.05) is 17.5 Å². The predicted octanol–water partition coefficient (Wildman–Crippen LogP) is 3.77. The molecule has 112 valence electrons. The molecule has 0 spiro atoms. The first-order chi connectivity index (χ1) is 10.3. The molecule has 0 bridgehead atoms. The van der Waals surface area contributed by atoms with Crippen molar-refractivity contribution in [3.63, 3.8) is 0 Å². The number of anilines is 1. The third-order valence-electron chi connectivity index (χ3n) is 4.10. The highest BCUT2D eigenvalue weighted by molar-refractivity contribution is 7.10. The summed E-state index contributed by atoms with van der Waals surface area (Å²) in [6, 6.07) is 6.99. The zero-order chi connectivity index (χ0) is 14.7. The fourth-order valence-electron chi connectivity index (χ4n) is 2.76. The van der Waals surface area contributed by atoms with Crippen LogP contribution in [-0.4, -0.2) is 18.1 Å². The van der Waals surface area contributed by atoms with E-state index in [4.69, 9.17) is 0 Å². The third-order valence-corrected chi connectivity index (χ3v) is 5.13. The molecule has 2 aromatic heterocycles. The van der Waals surface area contributed by atoms with Crippen molar-refractivity contribution in [2.24, 2.45) is 0 Å². The predicted molar refractivity (Wildman–Crippen MR) is 90.0 cm³/mol. The van der Waals surface area contributed by atoms with Crippen molar-refractivity contribution in [1.82, 2.24) is 10.3 Å². The first kappa shape index (κ1) is 14.5. The number of hydrogen-bond donors (Lipinski definition) is 1. The molecule has 0 aromatic carbocycles. The van der Waals surface area contributed by atoms with Crippen LogP contribution in [0.4, 0.5) is 5.82 Å². The van der Waals surface area contributed by atoms with E-state index in [0.29, 0.717) is 6.04 Å². The number of fused-ring (bicyclic) bond motifs is 1. The summed E-state index contributed by atoms with van der Waals surface area (Å²) in [7, 11) is 0. The number of aromatic nitrogens is 1. The van der Waals surface area contributed by atoms with Crippen molar-refractivity contribution in [1.29, 1.82) is 0 Å². The van der Waals surface area contributed by atoms with Gasteiger partial charge in [0.15, 0.2) is 0 Å². The van der Waals surface area contributed by atoms with E-state index in [2.05, 4.69) is 52.6 Å². The van der Waals surface area contributed by atoms with Gasteiger partial charge in [0.2, 0.25) is 0 Å². The lowest BCUT2D eigenvalue weighted by atomic mass is 10.1. The number of rotatable bonds is 5. The van der Waals surface area contributed by atoms with Crippen LogP contribution in [0.15, 0.2) is 29.8 Å². The van der Waals surface area contributed by atoms with Gasteiger partial charge in [0, 0.05) is 30.2 Å². The van der Waals surface area contributed by atoms with Gasteiger partial charge in [-0.1, -0.05) is 13.0 Å². The fourth-order valence-corrected chi connectivity index (χ4v) is 3.65. The van der Waals surface area contributed by atoms with E-state index in [9.17, 15) is 0 Å². The van der Waals surface area contributed by atoms with E-state index in [-0.39, 0.29) is 0 Å². The Hall–Kier alpha value is -1.39. The molecule has 0 amide bonds. The van der Waals surface area contributed by atoms with Gasteiger partial charge in [0.25, 0.3) is 0 Å². The van der Waals surface area contributed by atoms with Crippen LogP contribution in [0.3, 0.4) is 0 Å². The maximum Gasteiger partial charge on any atom is 0.128 e. The van der Waals surface area contributed by atoms with Gasteiger partial charge in [0.1, 0.15) is 5.82 Å². The van der Waals surface area contributed by atoms with Crippen LogP contribution in [0.25, 0.3) is 0 Å². The van der Waals surface area contributed by atoms with Gasteiger partial charge < -0.3 is 10.2 Å². The lowest BCUT2D eigenvalue weighted by Crippen LogP contribution is -2.30. The average Bonchev–Trinajstić information content (AvgIpc) is 3.00. The van der Waals surface area contributed by atoms with Crippen molar-refractivity contribution in [2.45, 2.75) is 39.3 Å². The third kappa shape index (κ3) is 3.27. The van der Waals surface area contributed by atoms with E-state index in [0.717, 1.165) is 38.3 Å². The second kappa shape index (κ2) is 6.58. The van der Waals surface area contributed by atoms with Gasteiger partial charge in [-0.2, -0.15) is 0 Å². The molecule has 21 heavy (non-hydrogen) atoms. The molecule has 0 saturated carbocycles. The zero-order valence-corrected chi connectivity index (χ0v) is 13.6. The first-order valence-electron chi connectivity index (χ1n) is 7.77. The second-order valence-corrected chi connectivity index (χ2v) is 6.67. The summed E-state index contributed by atoms with van der Waals surface area (Å²) < 4.78 is 0. The Morgan fingerprint density at radius 1 is 1.38 bits per heavy atom. The van der Waals surface area contributed by atoms with Crippen LogP contribution < -0.4 is 10.2 Å². The minimum Gasteiger partial charge on any atom is -0.352 e. The van der Waals surface area contributed by atoms with Gasteiger partial charge in [-0.25, -0.2) is 4.98 Å². The molecular formula is C17H23N3S. The van der Waals surface area contributed by atoms with Crippen LogP contribution in [-0.2, 0) is 13.0 Å². The van der Waals surface area contributed by atoms with Gasteiger partial charge in [-0.3, -0.25) is 0 Å². The van der Waals surface area contributed by atoms with Crippen LogP contribution in [0.2, 0.25) is 0 Å². The Labute approximate surface area is 131 Å². The molecule has 3 nitrogen and oxygen atoms in total. The maximum atomic E-state index is 4.68. The zero-order valence-electron chi connectivity index (χ0n) is 12.8. The molecule has 1 unspecified atom stereocenters. The van der Waals surface area contributed by atoms with Gasteiger partial charge in [0.05, 0.1) is 0 Å². The Morgan fingerprint density at radius 3 is 3.05 bits per heavy atom. The molecule has 4 heteroatoms. The van der Waals surface area contributed by atoms with Crippen molar-refractivity contribution in [3.8, 4) is 0 Å². The number of thiophene rings is 1. The van der Waals surface area contributed by atoms with E-state index in [1.54, 1.807) is 4.88 Å². The summed E-state index contributed by atoms with van der Waals surface area (Å²) >= 11 is 1.88. The summed E-state index contributed by atoms with van der Waals surface area (Å²) in [5.41, 5.74) is 2.73. The van der Waals surface area contributed by atoms with Crippen LogP contribution >= 0.6 is 11.3 Å². The summed E-state index contributed by atoms with van der Waals surface area (Å²) in [4.78, 5) is 8.60. The maximum absolute atomic E-state index is 4.68.